The maximum Gasteiger partial charge on any atom is 0.0814 e. The smallest absolute Gasteiger partial charge is 0.0814 e. The molecule has 0 aliphatic rings. The Hall–Kier alpha value is 0.155. The Balaban J connectivity index is -0.00000000500. The molecule has 0 saturated carbocycles. The van der Waals surface area contributed by atoms with Crippen LogP contribution in [-0.4, -0.2) is 23.9 Å². The molecule has 0 spiro atoms. The third kappa shape index (κ3) is 120. The van der Waals surface area contributed by atoms with Crippen molar-refractivity contribution in [3.8, 4) is 0 Å². The molecular formula is H12B3N. The molecule has 4 N–H and O–H groups in total. The molecule has 0 amide bonds. The molecule has 0 aliphatic carbocycles. The molecule has 0 unspecified atom stereocenters. The summed E-state index contributed by atoms with van der Waals surface area (Å²) in [6, 6.07) is 0. The van der Waals surface area contributed by atoms with Gasteiger partial charge in [0.1, 0.15) is 0 Å². The van der Waals surface area contributed by atoms with Crippen molar-refractivity contribution < 1.29 is 0 Å². The number of quaternary nitrogens is 1. The van der Waals surface area contributed by atoms with Crippen molar-refractivity contribution >= 4 is 23.9 Å². The predicted octanol–water partition coefficient (Wildman–Crippen LogP) is -2.91. The average Bonchev–Trinajstić information content (AvgIpc) is 1.00. The molecule has 0 aromatic carbocycles. The van der Waals surface area contributed by atoms with Crippen LogP contribution in [0.1, 0.15) is 0 Å². The summed E-state index contributed by atoms with van der Waals surface area (Å²) in [5.41, 5.74) is 0. The summed E-state index contributed by atoms with van der Waals surface area (Å²) >= 11 is 0. The Morgan fingerprint density at radius 1 is 1.25 bits per heavy atom. The molecule has 0 heterocycles. The highest BCUT2D eigenvalue weighted by Crippen LogP contribution is 0.619. The second kappa shape index (κ2) is 611. The van der Waals surface area contributed by atoms with Gasteiger partial charge in [0.25, 0.3) is 0 Å². The van der Waals surface area contributed by atoms with Crippen LogP contribution < -0.4 is 6.15 Å². The fraction of sp³-hybridized carbons (Fsp3) is 0. The van der Waals surface area contributed by atoms with Gasteiger partial charge in [0.15, 0.2) is 0 Å². The van der Waals surface area contributed by atoms with Crippen LogP contribution in [0.5, 0.6) is 0 Å². The maximum atomic E-state index is 2.25. The van der Waals surface area contributed by atoms with Crippen molar-refractivity contribution in [2.24, 2.45) is 0 Å². The van der Waals surface area contributed by atoms with Crippen LogP contribution in [0.4, 0.5) is 0 Å². The molecule has 0 bridgehead atoms. The van der Waals surface area contributed by atoms with E-state index >= 15 is 0 Å². The molecule has 4 heavy (non-hydrogen) atoms. The van der Waals surface area contributed by atoms with Crippen LogP contribution in [0.2, 0.25) is 0 Å². The van der Waals surface area contributed by atoms with E-state index < -0.39 is 0 Å². The van der Waals surface area contributed by atoms with Gasteiger partial charge < -0.3 is 6.15 Å². The summed E-state index contributed by atoms with van der Waals surface area (Å²) in [6.45, 7) is 0. The lowest BCUT2D eigenvalue weighted by Crippen LogP contribution is -1.38. The number of hydrogen-bond donors (Lipinski definition) is 1. The van der Waals surface area contributed by atoms with Crippen molar-refractivity contribution in [3.63, 3.8) is 0 Å². The third-order valence-electron chi connectivity index (χ3n) is 0. The zero-order chi connectivity index (χ0) is 2.00. The summed E-state index contributed by atoms with van der Waals surface area (Å²) in [4.78, 5) is 0. The molecule has 26 valence electrons. The van der Waals surface area contributed by atoms with Crippen LogP contribution in [0.15, 0.2) is 0 Å². The lowest BCUT2D eigenvalue weighted by atomic mass is 9.81. The van der Waals surface area contributed by atoms with Gasteiger partial charge in [-0.25, -0.2) is 0 Å². The quantitative estimate of drug-likeness (QED) is 0.290. The summed E-state index contributed by atoms with van der Waals surface area (Å²) in [6.07, 6.45) is 0. The molecule has 0 fully saturated rings. The van der Waals surface area contributed by atoms with Gasteiger partial charge in [-0.15, -0.1) is 0 Å². The van der Waals surface area contributed by atoms with Crippen molar-refractivity contribution in [2.45, 2.75) is 0 Å². The molecule has 0 radical (unpaired) electrons. The van der Waals surface area contributed by atoms with Gasteiger partial charge in [-0.3, -0.25) is 0 Å². The van der Waals surface area contributed by atoms with Crippen LogP contribution in [-0.2, 0) is 0 Å². The van der Waals surface area contributed by atoms with E-state index in [0.717, 1.165) is 7.74 Å². The van der Waals surface area contributed by atoms with Gasteiger partial charge in [-0.1, -0.05) is 15.5 Å². The normalized spacial score (nSPS) is 1.25. The van der Waals surface area contributed by atoms with E-state index in [1.165, 1.54) is 0 Å². The zero-order valence-corrected chi connectivity index (χ0v) is 2.00. The summed E-state index contributed by atoms with van der Waals surface area (Å²) in [5, 5.41) is 0. The maximum absolute atomic E-state index is 2.25. The van der Waals surface area contributed by atoms with Crippen LogP contribution in [0.25, 0.3) is 0 Å². The Kier molecular flexibility index (Phi) is 4740. The second-order valence-electron chi connectivity index (χ2n) is 0. The van der Waals surface area contributed by atoms with E-state index in [1.54, 1.807) is 0 Å². The van der Waals surface area contributed by atoms with E-state index in [4.69, 9.17) is 0 Å². The minimum absolute atomic E-state index is 0. The van der Waals surface area contributed by atoms with Crippen LogP contribution in [0, 0.1) is 0 Å². The lowest BCUT2D eigenvalue weighted by molar-refractivity contribution is 2.13. The fourth-order valence-electron chi connectivity index (χ4n) is 0. The molecule has 0 saturated heterocycles. The number of rotatable bonds is 0. The molecule has 0 rings (SSSR count). The Morgan fingerprint density at radius 3 is 1.25 bits per heavy atom. The monoisotopic (exact) mass is 59.1 g/mol. The van der Waals surface area contributed by atoms with Crippen LogP contribution >= 0.6 is 0 Å². The van der Waals surface area contributed by atoms with Gasteiger partial charge >= 0.3 is 0 Å². The van der Waals surface area contributed by atoms with Crippen LogP contribution in [0.3, 0.4) is 0 Å². The van der Waals surface area contributed by atoms with Gasteiger partial charge in [0, 0.05) is 0 Å². The molecule has 0 aliphatic heterocycles. The van der Waals surface area contributed by atoms with Crippen molar-refractivity contribution in [2.75, 3.05) is 0 Å². The van der Waals surface area contributed by atoms with Gasteiger partial charge in [0.05, 0.1) is 8.41 Å². The second-order valence-corrected chi connectivity index (χ2v) is 0. The SMILES string of the molecule is B.B[BH3-].[NH4+]. The number of hydrogen-bond acceptors (Lipinski definition) is 0. The topological polar surface area (TPSA) is 36.5 Å². The minimum atomic E-state index is 0. The predicted molar refractivity (Wildman–Crippen MR) is 34.4 cm³/mol. The molecular weight excluding hydrogens is 46.4 g/mol. The van der Waals surface area contributed by atoms with E-state index in [9.17, 15) is 0 Å². The average molecular weight is 58.5 g/mol. The highest BCUT2D eigenvalue weighted by Gasteiger charge is 0.927. The molecule has 4 heteroatoms. The first-order chi connectivity index (χ1) is 1.00. The Morgan fingerprint density at radius 2 is 1.25 bits per heavy atom. The standard InChI is InChI=1S/B2H5.BH3.H3N/c1-2;;/h1H2,2H3;2*1H3/q-1;;/p+1. The molecule has 0 aromatic heterocycles. The highest BCUT2D eigenvalue weighted by molar-refractivity contribution is 6.75. The zero-order valence-electron chi connectivity index (χ0n) is 2.00. The van der Waals surface area contributed by atoms with Gasteiger partial charge in [-0.05, 0) is 0 Å². The van der Waals surface area contributed by atoms with Crippen molar-refractivity contribution in [1.29, 1.82) is 0 Å². The minimum Gasteiger partial charge on any atom is -0.369 e. The Labute approximate surface area is 31.1 Å². The first-order valence-corrected chi connectivity index (χ1v) is 0. The first kappa shape index (κ1) is 31.0. The van der Waals surface area contributed by atoms with Gasteiger partial charge in [-0.2, -0.15) is 0 Å². The molecule has 1 nitrogen and oxygen atoms in total. The summed E-state index contributed by atoms with van der Waals surface area (Å²) in [7, 11) is 3.00. The largest absolute Gasteiger partial charge is 0.369 e. The van der Waals surface area contributed by atoms with Crippen molar-refractivity contribution in [3.05, 3.63) is 0 Å². The molecule has 0 atom stereocenters. The molecule has 0 aromatic rings. The summed E-state index contributed by atoms with van der Waals surface area (Å²) in [5.74, 6) is 0. The van der Waals surface area contributed by atoms with E-state index in [-0.39, 0.29) is 14.6 Å². The van der Waals surface area contributed by atoms with E-state index in [1.807, 2.05) is 0 Å². The van der Waals surface area contributed by atoms with Gasteiger partial charge in [0.2, 0.25) is 0 Å². The van der Waals surface area contributed by atoms with E-state index in [0.29, 0.717) is 0 Å². The Bertz CT molecular complexity index is 3.25. The van der Waals surface area contributed by atoms with Crippen molar-refractivity contribution in [1.82, 2.24) is 6.15 Å². The first-order valence-electron chi connectivity index (χ1n) is 0. The fourth-order valence-corrected chi connectivity index (χ4v) is 0. The van der Waals surface area contributed by atoms with E-state index in [2.05, 4.69) is 7.74 Å². The lowest BCUT2D eigenvalue weighted by Gasteiger charge is -1.07. The highest BCUT2D eigenvalue weighted by atomic mass is 14.0. The summed E-state index contributed by atoms with van der Waals surface area (Å²) < 4.78 is 0. The third-order valence-corrected chi connectivity index (χ3v) is 0.